The molecule has 0 saturated carbocycles. The first kappa shape index (κ1) is 12.5. The van der Waals surface area contributed by atoms with Gasteiger partial charge in [0.1, 0.15) is 0 Å². The summed E-state index contributed by atoms with van der Waals surface area (Å²) in [5.74, 6) is -0.827. The highest BCUT2D eigenvalue weighted by Gasteiger charge is 2.10. The lowest BCUT2D eigenvalue weighted by molar-refractivity contribution is 0.166. The summed E-state index contributed by atoms with van der Waals surface area (Å²) in [4.78, 5) is 0. The Bertz CT molecular complexity index is 317. The maximum absolute atomic E-state index is 12.8. The van der Waals surface area contributed by atoms with Gasteiger partial charge in [-0.05, 0) is 42.5 Å². The largest absolute Gasteiger partial charge is 0.388 e. The third kappa shape index (κ3) is 3.80. The number of aliphatic hydroxyl groups excluding tert-OH is 1. The van der Waals surface area contributed by atoms with Gasteiger partial charge >= 0.3 is 0 Å². The minimum atomic E-state index is -0.906. The summed E-state index contributed by atoms with van der Waals surface area (Å²) in [6, 6.07) is 3.52. The van der Waals surface area contributed by atoms with E-state index in [1.807, 2.05) is 6.26 Å². The molecule has 1 aromatic rings. The second-order valence-corrected chi connectivity index (χ2v) is 4.31. The molecule has 0 spiro atoms. The van der Waals surface area contributed by atoms with E-state index in [2.05, 4.69) is 0 Å². The van der Waals surface area contributed by atoms with Gasteiger partial charge in [-0.3, -0.25) is 0 Å². The molecule has 0 aromatic heterocycles. The van der Waals surface area contributed by atoms with E-state index < -0.39 is 17.7 Å². The molecule has 0 fully saturated rings. The summed E-state index contributed by atoms with van der Waals surface area (Å²) in [5, 5.41) is 9.66. The Labute approximate surface area is 92.5 Å². The summed E-state index contributed by atoms with van der Waals surface area (Å²) in [6.45, 7) is 0. The van der Waals surface area contributed by atoms with Crippen molar-refractivity contribution in [3.05, 3.63) is 35.4 Å². The van der Waals surface area contributed by atoms with Crippen LogP contribution in [0.4, 0.5) is 8.78 Å². The fourth-order valence-electron chi connectivity index (χ4n) is 1.31. The average molecular weight is 232 g/mol. The van der Waals surface area contributed by atoms with Gasteiger partial charge in [0.15, 0.2) is 11.6 Å². The van der Waals surface area contributed by atoms with Gasteiger partial charge < -0.3 is 5.11 Å². The number of benzene rings is 1. The Morgan fingerprint density at radius 1 is 1.33 bits per heavy atom. The topological polar surface area (TPSA) is 20.2 Å². The van der Waals surface area contributed by atoms with E-state index in [1.54, 1.807) is 11.8 Å². The molecule has 1 unspecified atom stereocenters. The standard InChI is InChI=1S/C11H14F2OS/c1-15-6-2-3-11(14)8-4-5-9(12)10(13)7-8/h4-5,7,11,14H,2-3,6H2,1H3. The Morgan fingerprint density at radius 3 is 2.67 bits per heavy atom. The predicted molar refractivity (Wildman–Crippen MR) is 58.9 cm³/mol. The summed E-state index contributed by atoms with van der Waals surface area (Å²) >= 11 is 1.70. The van der Waals surface area contributed by atoms with Crippen LogP contribution in [-0.2, 0) is 0 Å². The predicted octanol–water partition coefficient (Wildman–Crippen LogP) is 3.14. The quantitative estimate of drug-likeness (QED) is 0.787. The molecule has 15 heavy (non-hydrogen) atoms. The van der Waals surface area contributed by atoms with Crippen LogP contribution < -0.4 is 0 Å². The van der Waals surface area contributed by atoms with Gasteiger partial charge in [-0.15, -0.1) is 0 Å². The van der Waals surface area contributed by atoms with E-state index in [0.29, 0.717) is 12.0 Å². The van der Waals surface area contributed by atoms with E-state index in [9.17, 15) is 13.9 Å². The minimum Gasteiger partial charge on any atom is -0.388 e. The zero-order chi connectivity index (χ0) is 11.3. The van der Waals surface area contributed by atoms with Crippen LogP contribution >= 0.6 is 11.8 Å². The molecule has 4 heteroatoms. The number of hydrogen-bond donors (Lipinski definition) is 1. The molecule has 0 aliphatic carbocycles. The highest BCUT2D eigenvalue weighted by atomic mass is 32.2. The lowest BCUT2D eigenvalue weighted by atomic mass is 10.1. The van der Waals surface area contributed by atoms with Crippen molar-refractivity contribution < 1.29 is 13.9 Å². The number of aliphatic hydroxyl groups is 1. The Balaban J connectivity index is 2.57. The van der Waals surface area contributed by atoms with Crippen LogP contribution in [0.5, 0.6) is 0 Å². The molecule has 0 aliphatic heterocycles. The average Bonchev–Trinajstić information content (AvgIpc) is 2.22. The fourth-order valence-corrected chi connectivity index (χ4v) is 1.76. The molecule has 0 radical (unpaired) electrons. The van der Waals surface area contributed by atoms with Gasteiger partial charge in [-0.2, -0.15) is 11.8 Å². The summed E-state index contributed by atoms with van der Waals surface area (Å²) in [7, 11) is 0. The van der Waals surface area contributed by atoms with Crippen LogP contribution in [0.1, 0.15) is 24.5 Å². The van der Waals surface area contributed by atoms with Crippen molar-refractivity contribution in [2.45, 2.75) is 18.9 Å². The zero-order valence-corrected chi connectivity index (χ0v) is 9.36. The van der Waals surface area contributed by atoms with Crippen molar-refractivity contribution in [3.63, 3.8) is 0 Å². The van der Waals surface area contributed by atoms with Crippen molar-refractivity contribution >= 4 is 11.8 Å². The summed E-state index contributed by atoms with van der Waals surface area (Å²) in [5.41, 5.74) is 0.440. The van der Waals surface area contributed by atoms with Crippen molar-refractivity contribution in [1.29, 1.82) is 0 Å². The van der Waals surface area contributed by atoms with Crippen molar-refractivity contribution in [2.75, 3.05) is 12.0 Å². The SMILES string of the molecule is CSCCCC(O)c1ccc(F)c(F)c1. The number of rotatable bonds is 5. The third-order valence-electron chi connectivity index (χ3n) is 2.15. The molecule has 1 aromatic carbocycles. The molecule has 1 atom stereocenters. The van der Waals surface area contributed by atoms with E-state index in [1.165, 1.54) is 6.07 Å². The molecule has 1 rings (SSSR count). The van der Waals surface area contributed by atoms with Gasteiger partial charge in [-0.1, -0.05) is 6.07 Å². The van der Waals surface area contributed by atoms with Gasteiger partial charge in [0.2, 0.25) is 0 Å². The fraction of sp³-hybridized carbons (Fsp3) is 0.455. The van der Waals surface area contributed by atoms with E-state index in [4.69, 9.17) is 0 Å². The first-order valence-electron chi connectivity index (χ1n) is 4.77. The summed E-state index contributed by atoms with van der Waals surface area (Å²) < 4.78 is 25.4. The van der Waals surface area contributed by atoms with Crippen LogP contribution in [-0.4, -0.2) is 17.1 Å². The molecule has 1 N–H and O–H groups in total. The number of hydrogen-bond acceptors (Lipinski definition) is 2. The maximum Gasteiger partial charge on any atom is 0.159 e. The van der Waals surface area contributed by atoms with Crippen molar-refractivity contribution in [3.8, 4) is 0 Å². The smallest absolute Gasteiger partial charge is 0.159 e. The van der Waals surface area contributed by atoms with E-state index in [-0.39, 0.29) is 0 Å². The zero-order valence-electron chi connectivity index (χ0n) is 8.54. The molecule has 1 nitrogen and oxygen atoms in total. The third-order valence-corrected chi connectivity index (χ3v) is 2.85. The lowest BCUT2D eigenvalue weighted by Crippen LogP contribution is -1.99. The molecule has 0 bridgehead atoms. The molecular weight excluding hydrogens is 218 g/mol. The Morgan fingerprint density at radius 2 is 2.07 bits per heavy atom. The van der Waals surface area contributed by atoms with Gasteiger partial charge in [0.25, 0.3) is 0 Å². The monoisotopic (exact) mass is 232 g/mol. The van der Waals surface area contributed by atoms with Gasteiger partial charge in [0, 0.05) is 0 Å². The minimum absolute atomic E-state index is 0.440. The van der Waals surface area contributed by atoms with Crippen LogP contribution in [0.3, 0.4) is 0 Å². The second-order valence-electron chi connectivity index (χ2n) is 3.32. The van der Waals surface area contributed by atoms with Gasteiger partial charge in [-0.25, -0.2) is 8.78 Å². The molecule has 0 saturated heterocycles. The molecule has 0 amide bonds. The van der Waals surface area contributed by atoms with E-state index >= 15 is 0 Å². The maximum atomic E-state index is 12.8. The molecule has 0 aliphatic rings. The van der Waals surface area contributed by atoms with Crippen LogP contribution in [0.2, 0.25) is 0 Å². The highest BCUT2D eigenvalue weighted by molar-refractivity contribution is 7.98. The summed E-state index contributed by atoms with van der Waals surface area (Å²) in [6.07, 6.45) is 2.73. The second kappa shape index (κ2) is 6.08. The molecular formula is C11H14F2OS. The van der Waals surface area contributed by atoms with Crippen LogP contribution in [0.25, 0.3) is 0 Å². The van der Waals surface area contributed by atoms with E-state index in [0.717, 1.165) is 24.3 Å². The van der Waals surface area contributed by atoms with Gasteiger partial charge in [0.05, 0.1) is 6.10 Å². The Hall–Kier alpha value is -0.610. The van der Waals surface area contributed by atoms with Crippen molar-refractivity contribution in [1.82, 2.24) is 0 Å². The Kier molecular flexibility index (Phi) is 5.05. The lowest BCUT2D eigenvalue weighted by Gasteiger charge is -2.10. The first-order chi connectivity index (χ1) is 7.15. The molecule has 0 heterocycles. The normalized spacial score (nSPS) is 12.8. The van der Waals surface area contributed by atoms with Crippen LogP contribution in [0.15, 0.2) is 18.2 Å². The highest BCUT2D eigenvalue weighted by Crippen LogP contribution is 2.20. The number of halogens is 2. The molecule has 84 valence electrons. The number of thioether (sulfide) groups is 1. The first-order valence-corrected chi connectivity index (χ1v) is 6.16. The van der Waals surface area contributed by atoms with Crippen molar-refractivity contribution in [2.24, 2.45) is 0 Å². The van der Waals surface area contributed by atoms with Crippen LogP contribution in [0, 0.1) is 11.6 Å².